The lowest BCUT2D eigenvalue weighted by atomic mass is 9.97. The van der Waals surface area contributed by atoms with Gasteiger partial charge in [-0.25, -0.2) is 4.79 Å². The van der Waals surface area contributed by atoms with Gasteiger partial charge in [0.2, 0.25) is 0 Å². The summed E-state index contributed by atoms with van der Waals surface area (Å²) in [6.07, 6.45) is 7.07. The summed E-state index contributed by atoms with van der Waals surface area (Å²) in [5.74, 6) is 0. The number of ether oxygens (including phenoxy) is 1. The minimum Gasteiger partial charge on any atom is -0.394 e. The molecule has 0 unspecified atom stereocenters. The van der Waals surface area contributed by atoms with Gasteiger partial charge in [-0.05, 0) is 44.2 Å². The predicted octanol–water partition coefficient (Wildman–Crippen LogP) is 2.16. The topological polar surface area (TPSA) is 122 Å². The fourth-order valence-corrected chi connectivity index (χ4v) is 4.48. The molecule has 0 spiro atoms. The Labute approximate surface area is 181 Å². The molecule has 9 heteroatoms. The number of rotatable bonds is 7. The average Bonchev–Trinajstić information content (AvgIpc) is 3.44. The number of aliphatic hydroxyl groups excluding tert-OH is 1. The maximum atomic E-state index is 12.3. The molecule has 168 valence electrons. The van der Waals surface area contributed by atoms with Gasteiger partial charge < -0.3 is 25.6 Å². The molecule has 1 saturated heterocycles. The first kappa shape index (κ1) is 21.7. The van der Waals surface area contributed by atoms with Crippen molar-refractivity contribution < 1.29 is 19.7 Å². The number of aromatic nitrogens is 3. The molecule has 4 N–H and O–H groups in total. The van der Waals surface area contributed by atoms with E-state index in [9.17, 15) is 15.0 Å². The van der Waals surface area contributed by atoms with Gasteiger partial charge >= 0.3 is 6.03 Å². The number of aryl methyl sites for hydroxylation is 1. The molecule has 9 nitrogen and oxygen atoms in total. The maximum absolute atomic E-state index is 12.3. The molecule has 2 aliphatic rings. The molecule has 1 aromatic heterocycles. The smallest absolute Gasteiger partial charge is 0.319 e. The highest BCUT2D eigenvalue weighted by atomic mass is 16.5. The number of carbonyl (C=O) groups excluding carboxylic acids is 1. The summed E-state index contributed by atoms with van der Waals surface area (Å²) in [6, 6.07) is 8.67. The lowest BCUT2D eigenvalue weighted by Crippen LogP contribution is -2.52. The maximum Gasteiger partial charge on any atom is 0.319 e. The van der Waals surface area contributed by atoms with E-state index < -0.39 is 11.7 Å². The summed E-state index contributed by atoms with van der Waals surface area (Å²) in [7, 11) is 0. The van der Waals surface area contributed by atoms with Crippen LogP contribution in [-0.4, -0.2) is 56.1 Å². The van der Waals surface area contributed by atoms with Crippen LogP contribution in [0, 0.1) is 0 Å². The first-order valence-electron chi connectivity index (χ1n) is 11.1. The molecule has 3 atom stereocenters. The Bertz CT molecular complexity index is 853. The molecule has 2 fully saturated rings. The zero-order valence-corrected chi connectivity index (χ0v) is 17.6. The summed E-state index contributed by atoms with van der Waals surface area (Å²) >= 11 is 0. The van der Waals surface area contributed by atoms with Gasteiger partial charge in [0.15, 0.2) is 0 Å². The van der Waals surface area contributed by atoms with Crippen LogP contribution in [0.2, 0.25) is 0 Å². The van der Waals surface area contributed by atoms with Crippen LogP contribution in [0.15, 0.2) is 36.5 Å². The number of anilines is 1. The summed E-state index contributed by atoms with van der Waals surface area (Å²) < 4.78 is 7.79. The summed E-state index contributed by atoms with van der Waals surface area (Å²) in [5.41, 5.74) is 0.530. The van der Waals surface area contributed by atoms with Crippen LogP contribution in [0.5, 0.6) is 0 Å². The second-order valence-electron chi connectivity index (χ2n) is 8.52. The van der Waals surface area contributed by atoms with Crippen molar-refractivity contribution in [1.29, 1.82) is 0 Å². The van der Waals surface area contributed by atoms with E-state index in [0.717, 1.165) is 44.9 Å². The van der Waals surface area contributed by atoms with Crippen molar-refractivity contribution in [2.24, 2.45) is 0 Å². The van der Waals surface area contributed by atoms with Gasteiger partial charge in [0.25, 0.3) is 0 Å². The fraction of sp³-hybridized carbons (Fsp3) is 0.591. The number of carbonyl (C=O) groups is 1. The Morgan fingerprint density at radius 3 is 2.74 bits per heavy atom. The van der Waals surface area contributed by atoms with Crippen molar-refractivity contribution in [1.82, 2.24) is 20.3 Å². The Balaban J connectivity index is 1.25. The van der Waals surface area contributed by atoms with Crippen molar-refractivity contribution in [3.8, 4) is 0 Å². The number of amides is 2. The van der Waals surface area contributed by atoms with Gasteiger partial charge in [0, 0.05) is 12.2 Å². The van der Waals surface area contributed by atoms with E-state index in [1.165, 1.54) is 0 Å². The summed E-state index contributed by atoms with van der Waals surface area (Å²) in [5, 5.41) is 34.5. The third kappa shape index (κ3) is 5.41. The van der Waals surface area contributed by atoms with Crippen LogP contribution >= 0.6 is 0 Å². The quantitative estimate of drug-likeness (QED) is 0.535. The third-order valence-corrected chi connectivity index (χ3v) is 6.27. The standard InChI is InChI=1S/C22H31N5O4/c28-15-19-18(24-21(29)23-16-6-2-1-3-7-16)9-8-17(31-19)10-13-27-14-20(25-26-27)22(30)11-4-5-12-22/h1-3,6-7,14,17-19,28,30H,4-5,8-13,15H2,(H2,23,24,29)/t17-,18+,19+/m0/s1. The molecule has 2 amide bonds. The fourth-order valence-electron chi connectivity index (χ4n) is 4.48. The van der Waals surface area contributed by atoms with Crippen molar-refractivity contribution in [3.05, 3.63) is 42.2 Å². The van der Waals surface area contributed by atoms with Crippen molar-refractivity contribution in [2.45, 2.75) is 75.3 Å². The Kier molecular flexibility index (Phi) is 6.84. The van der Waals surface area contributed by atoms with Crippen LogP contribution in [-0.2, 0) is 16.9 Å². The van der Waals surface area contributed by atoms with Crippen molar-refractivity contribution >= 4 is 11.7 Å². The predicted molar refractivity (Wildman–Crippen MR) is 114 cm³/mol. The average molecular weight is 430 g/mol. The minimum atomic E-state index is -0.833. The molecule has 2 aromatic rings. The number of nitrogens with one attached hydrogen (secondary N) is 2. The monoisotopic (exact) mass is 429 g/mol. The van der Waals surface area contributed by atoms with Crippen LogP contribution in [0.3, 0.4) is 0 Å². The van der Waals surface area contributed by atoms with Gasteiger partial charge in [0.05, 0.1) is 24.9 Å². The number of nitrogens with zero attached hydrogens (tertiary/aromatic N) is 3. The van der Waals surface area contributed by atoms with E-state index in [0.29, 0.717) is 17.9 Å². The van der Waals surface area contributed by atoms with Crippen LogP contribution < -0.4 is 10.6 Å². The minimum absolute atomic E-state index is 0.0328. The number of aliphatic hydroxyl groups is 2. The molecule has 1 aliphatic heterocycles. The Morgan fingerprint density at radius 1 is 1.23 bits per heavy atom. The highest BCUT2D eigenvalue weighted by Gasteiger charge is 2.36. The molecular formula is C22H31N5O4. The van der Waals surface area contributed by atoms with Crippen LogP contribution in [0.4, 0.5) is 10.5 Å². The molecule has 1 aliphatic carbocycles. The van der Waals surface area contributed by atoms with Crippen LogP contribution in [0.25, 0.3) is 0 Å². The number of urea groups is 1. The largest absolute Gasteiger partial charge is 0.394 e. The third-order valence-electron chi connectivity index (χ3n) is 6.27. The molecule has 31 heavy (non-hydrogen) atoms. The lowest BCUT2D eigenvalue weighted by molar-refractivity contribution is -0.0905. The van der Waals surface area contributed by atoms with Gasteiger partial charge in [-0.2, -0.15) is 0 Å². The normalized spacial score (nSPS) is 25.3. The lowest BCUT2D eigenvalue weighted by Gasteiger charge is -2.36. The molecule has 1 saturated carbocycles. The number of hydrogen-bond acceptors (Lipinski definition) is 6. The van der Waals surface area contributed by atoms with E-state index in [1.807, 2.05) is 36.5 Å². The highest BCUT2D eigenvalue weighted by Crippen LogP contribution is 2.37. The second-order valence-corrected chi connectivity index (χ2v) is 8.52. The molecule has 0 radical (unpaired) electrons. The number of para-hydroxylation sites is 1. The van der Waals surface area contributed by atoms with Crippen molar-refractivity contribution in [2.75, 3.05) is 11.9 Å². The van der Waals surface area contributed by atoms with Gasteiger partial charge in [0.1, 0.15) is 17.4 Å². The summed E-state index contributed by atoms with van der Waals surface area (Å²) in [4.78, 5) is 12.3. The van der Waals surface area contributed by atoms with E-state index in [-0.39, 0.29) is 24.8 Å². The van der Waals surface area contributed by atoms with Gasteiger partial charge in [-0.15, -0.1) is 5.10 Å². The first-order valence-corrected chi connectivity index (χ1v) is 11.1. The van der Waals surface area contributed by atoms with E-state index in [2.05, 4.69) is 20.9 Å². The second kappa shape index (κ2) is 9.76. The number of benzene rings is 1. The van der Waals surface area contributed by atoms with Gasteiger partial charge in [-0.3, -0.25) is 4.68 Å². The van der Waals surface area contributed by atoms with Crippen LogP contribution in [0.1, 0.15) is 50.6 Å². The Morgan fingerprint density at radius 2 is 2.00 bits per heavy atom. The van der Waals surface area contributed by atoms with E-state index >= 15 is 0 Å². The highest BCUT2D eigenvalue weighted by molar-refractivity contribution is 5.89. The first-order chi connectivity index (χ1) is 15.1. The van der Waals surface area contributed by atoms with E-state index in [4.69, 9.17) is 4.74 Å². The van der Waals surface area contributed by atoms with Gasteiger partial charge in [-0.1, -0.05) is 36.3 Å². The van der Waals surface area contributed by atoms with E-state index in [1.54, 1.807) is 4.68 Å². The molecule has 2 heterocycles. The van der Waals surface area contributed by atoms with Crippen molar-refractivity contribution in [3.63, 3.8) is 0 Å². The SMILES string of the molecule is O=C(Nc1ccccc1)N[C@@H]1CC[C@@H](CCn2cc(C3(O)CCCC3)nn2)O[C@@H]1CO. The molecular weight excluding hydrogens is 398 g/mol. The zero-order valence-electron chi connectivity index (χ0n) is 17.6. The zero-order chi connectivity index (χ0) is 21.7. The molecule has 1 aromatic carbocycles. The Hall–Kier alpha value is -2.49. The molecule has 4 rings (SSSR count). The summed E-state index contributed by atoms with van der Waals surface area (Å²) in [6.45, 7) is 0.464. The number of hydrogen-bond donors (Lipinski definition) is 4. The molecule has 0 bridgehead atoms.